The van der Waals surface area contributed by atoms with E-state index in [1.165, 1.54) is 0 Å². The number of ether oxygens (including phenoxy) is 3. The van der Waals surface area contributed by atoms with Gasteiger partial charge >= 0.3 is 5.97 Å². The molecule has 0 saturated heterocycles. The van der Waals surface area contributed by atoms with E-state index in [9.17, 15) is 4.79 Å². The van der Waals surface area contributed by atoms with Crippen molar-refractivity contribution in [1.29, 1.82) is 0 Å². The number of carbonyl (C=O) groups is 1. The van der Waals surface area contributed by atoms with Gasteiger partial charge in [-0.2, -0.15) is 0 Å². The summed E-state index contributed by atoms with van der Waals surface area (Å²) in [5.41, 5.74) is 11.4. The number of anilines is 1. The van der Waals surface area contributed by atoms with Crippen LogP contribution in [0.3, 0.4) is 0 Å². The summed E-state index contributed by atoms with van der Waals surface area (Å²) < 4.78 is 22.9. The minimum atomic E-state index is -0.287. The van der Waals surface area contributed by atoms with Crippen molar-refractivity contribution in [2.24, 2.45) is 0 Å². The van der Waals surface area contributed by atoms with E-state index >= 15 is 0 Å². The van der Waals surface area contributed by atoms with E-state index in [2.05, 4.69) is 11.1 Å². The molecule has 5 aromatic rings. The Balaban J connectivity index is 1.49. The summed E-state index contributed by atoms with van der Waals surface area (Å²) in [6.07, 6.45) is 3.53. The van der Waals surface area contributed by atoms with Gasteiger partial charge in [-0.05, 0) is 66.3 Å². The van der Waals surface area contributed by atoms with E-state index in [1.54, 1.807) is 26.5 Å². The fraction of sp³-hybridized carbons (Fsp3) is 0.200. The van der Waals surface area contributed by atoms with Gasteiger partial charge in [0, 0.05) is 28.1 Å². The number of rotatable bonds is 8. The van der Waals surface area contributed by atoms with Crippen LogP contribution in [0.1, 0.15) is 23.6 Å². The van der Waals surface area contributed by atoms with E-state index in [0.29, 0.717) is 29.5 Å². The van der Waals surface area contributed by atoms with Crippen LogP contribution in [-0.2, 0) is 22.6 Å². The van der Waals surface area contributed by atoms with E-state index in [1.807, 2.05) is 55.5 Å². The fourth-order valence-electron chi connectivity index (χ4n) is 4.42. The number of hydrogen-bond donors (Lipinski definition) is 1. The molecule has 7 heteroatoms. The van der Waals surface area contributed by atoms with Crippen LogP contribution in [0.15, 0.2) is 71.5 Å². The van der Waals surface area contributed by atoms with Gasteiger partial charge in [-0.3, -0.25) is 4.79 Å². The Hall–Kier alpha value is -4.52. The normalized spacial score (nSPS) is 11.1. The van der Waals surface area contributed by atoms with Crippen LogP contribution in [0.4, 0.5) is 5.82 Å². The second kappa shape index (κ2) is 10.2. The van der Waals surface area contributed by atoms with Crippen LogP contribution in [0.2, 0.25) is 0 Å². The molecule has 0 aliphatic rings. The third-order valence-electron chi connectivity index (χ3n) is 6.32. The van der Waals surface area contributed by atoms with Gasteiger partial charge in [-0.25, -0.2) is 4.98 Å². The number of nitrogens with two attached hydrogens (primary N) is 1. The van der Waals surface area contributed by atoms with Crippen LogP contribution in [0.5, 0.6) is 11.5 Å². The molecule has 2 aromatic heterocycles. The molecule has 0 radical (unpaired) electrons. The lowest BCUT2D eigenvalue weighted by atomic mass is 9.99. The maximum Gasteiger partial charge on any atom is 0.310 e. The van der Waals surface area contributed by atoms with Crippen LogP contribution in [0.25, 0.3) is 32.9 Å². The SMILES string of the molecule is CCOC(=O)Cc1ccc(C)cc1OCc1coc2c(OC)cc(-c3ccc4ccnc(N)c4c3)cc12. The predicted molar refractivity (Wildman–Crippen MR) is 144 cm³/mol. The third kappa shape index (κ3) is 4.93. The molecule has 0 aliphatic heterocycles. The zero-order valence-corrected chi connectivity index (χ0v) is 21.0. The lowest BCUT2D eigenvalue weighted by Crippen LogP contribution is -2.09. The van der Waals surface area contributed by atoms with Crippen LogP contribution in [0, 0.1) is 6.92 Å². The first-order valence-electron chi connectivity index (χ1n) is 12.1. The molecule has 0 saturated carbocycles. The molecule has 0 bridgehead atoms. The summed E-state index contributed by atoms with van der Waals surface area (Å²) in [5, 5.41) is 2.80. The van der Waals surface area contributed by atoms with Gasteiger partial charge in [0.1, 0.15) is 18.2 Å². The molecular weight excluding hydrogens is 468 g/mol. The molecule has 188 valence electrons. The average molecular weight is 497 g/mol. The Bertz CT molecular complexity index is 1610. The highest BCUT2D eigenvalue weighted by molar-refractivity contribution is 5.96. The van der Waals surface area contributed by atoms with Crippen molar-refractivity contribution in [1.82, 2.24) is 4.98 Å². The van der Waals surface area contributed by atoms with E-state index in [4.69, 9.17) is 24.4 Å². The number of nitrogens with zero attached hydrogens (tertiary/aromatic N) is 1. The molecular formula is C30H28N2O5. The molecule has 0 aliphatic carbocycles. The molecule has 0 fully saturated rings. The number of aromatic nitrogens is 1. The maximum absolute atomic E-state index is 12.1. The Morgan fingerprint density at radius 1 is 0.973 bits per heavy atom. The number of methoxy groups -OCH3 is 1. The molecule has 0 atom stereocenters. The van der Waals surface area contributed by atoms with Crippen LogP contribution in [-0.4, -0.2) is 24.7 Å². The van der Waals surface area contributed by atoms with Crippen molar-refractivity contribution in [3.05, 3.63) is 83.7 Å². The number of pyridine rings is 1. The highest BCUT2D eigenvalue weighted by Gasteiger charge is 2.16. The summed E-state index contributed by atoms with van der Waals surface area (Å²) in [5.74, 6) is 1.46. The van der Waals surface area contributed by atoms with E-state index < -0.39 is 0 Å². The topological polar surface area (TPSA) is 96.8 Å². The number of aryl methyl sites for hydroxylation is 1. The van der Waals surface area contributed by atoms with Crippen LogP contribution >= 0.6 is 0 Å². The minimum Gasteiger partial charge on any atom is -0.493 e. The lowest BCUT2D eigenvalue weighted by Gasteiger charge is -2.12. The predicted octanol–water partition coefficient (Wildman–Crippen LogP) is 6.23. The second-order valence-electron chi connectivity index (χ2n) is 8.83. The van der Waals surface area contributed by atoms with Crippen molar-refractivity contribution >= 4 is 33.5 Å². The highest BCUT2D eigenvalue weighted by Crippen LogP contribution is 2.37. The number of furan rings is 1. The van der Waals surface area contributed by atoms with Crippen molar-refractivity contribution < 1.29 is 23.4 Å². The third-order valence-corrected chi connectivity index (χ3v) is 6.32. The monoisotopic (exact) mass is 496 g/mol. The number of benzene rings is 3. The first kappa shape index (κ1) is 24.2. The van der Waals surface area contributed by atoms with Crippen molar-refractivity contribution in [3.8, 4) is 22.6 Å². The van der Waals surface area contributed by atoms with Gasteiger partial charge in [0.05, 0.1) is 26.4 Å². The largest absolute Gasteiger partial charge is 0.493 e. The summed E-state index contributed by atoms with van der Waals surface area (Å²) in [6, 6.07) is 17.8. The van der Waals surface area contributed by atoms with Gasteiger partial charge in [0.25, 0.3) is 0 Å². The molecule has 3 aromatic carbocycles. The summed E-state index contributed by atoms with van der Waals surface area (Å²) in [6.45, 7) is 4.37. The van der Waals surface area contributed by atoms with Crippen molar-refractivity contribution in [2.75, 3.05) is 19.5 Å². The average Bonchev–Trinajstić information content (AvgIpc) is 3.31. The lowest BCUT2D eigenvalue weighted by molar-refractivity contribution is -0.142. The van der Waals surface area contributed by atoms with Crippen molar-refractivity contribution in [3.63, 3.8) is 0 Å². The zero-order chi connectivity index (χ0) is 25.9. The Labute approximate surface area is 214 Å². The highest BCUT2D eigenvalue weighted by atomic mass is 16.5. The van der Waals surface area contributed by atoms with Crippen LogP contribution < -0.4 is 15.2 Å². The van der Waals surface area contributed by atoms with Gasteiger partial charge in [0.2, 0.25) is 0 Å². The zero-order valence-electron chi connectivity index (χ0n) is 21.0. The number of esters is 1. The first-order chi connectivity index (χ1) is 18.0. The number of nitrogen functional groups attached to an aromatic ring is 1. The summed E-state index contributed by atoms with van der Waals surface area (Å²) in [7, 11) is 1.62. The smallest absolute Gasteiger partial charge is 0.310 e. The van der Waals surface area contributed by atoms with Gasteiger partial charge in [0.15, 0.2) is 11.3 Å². The molecule has 37 heavy (non-hydrogen) atoms. The van der Waals surface area contributed by atoms with Gasteiger partial charge in [-0.1, -0.05) is 24.3 Å². The Morgan fingerprint density at radius 3 is 2.62 bits per heavy atom. The minimum absolute atomic E-state index is 0.146. The number of fused-ring (bicyclic) bond motifs is 2. The van der Waals surface area contributed by atoms with Gasteiger partial charge in [-0.15, -0.1) is 0 Å². The molecule has 2 heterocycles. The standard InChI is InChI=1S/C30H28N2O5/c1-4-35-28(33)15-21-6-5-18(2)11-26(21)36-16-23-17-37-29-24(23)13-22(14-27(29)34-3)20-8-7-19-9-10-32-30(31)25(19)12-20/h5-14,17H,4,15-16H2,1-3H3,(H2,31,32). The quantitative estimate of drug-likeness (QED) is 0.254. The molecule has 0 unspecified atom stereocenters. The molecule has 2 N–H and O–H groups in total. The van der Waals surface area contributed by atoms with E-state index in [0.717, 1.165) is 44.0 Å². The second-order valence-corrected chi connectivity index (χ2v) is 8.83. The number of hydrogen-bond acceptors (Lipinski definition) is 7. The summed E-state index contributed by atoms with van der Waals surface area (Å²) in [4.78, 5) is 16.3. The Morgan fingerprint density at radius 2 is 1.81 bits per heavy atom. The van der Waals surface area contributed by atoms with E-state index in [-0.39, 0.29) is 19.0 Å². The Kier molecular flexibility index (Phi) is 6.68. The number of carbonyl (C=O) groups excluding carboxylic acids is 1. The van der Waals surface area contributed by atoms with Gasteiger partial charge < -0.3 is 24.4 Å². The molecule has 5 rings (SSSR count). The maximum atomic E-state index is 12.1. The fourth-order valence-corrected chi connectivity index (χ4v) is 4.42. The molecule has 0 amide bonds. The first-order valence-corrected chi connectivity index (χ1v) is 12.1. The van der Waals surface area contributed by atoms with Crippen molar-refractivity contribution in [2.45, 2.75) is 26.9 Å². The molecule has 7 nitrogen and oxygen atoms in total. The summed E-state index contributed by atoms with van der Waals surface area (Å²) >= 11 is 0. The molecule has 0 spiro atoms.